The van der Waals surface area contributed by atoms with Crippen molar-refractivity contribution in [3.05, 3.63) is 71.6 Å². The lowest BCUT2D eigenvalue weighted by Gasteiger charge is -2.17. The number of halogens is 4. The summed E-state index contributed by atoms with van der Waals surface area (Å²) in [5, 5.41) is 6.85. The molecular weight excluding hydrogens is 414 g/mol. The fraction of sp³-hybridized carbons (Fsp3) is 0.286. The summed E-state index contributed by atoms with van der Waals surface area (Å²) in [5.41, 5.74) is 1.16. The summed E-state index contributed by atoms with van der Waals surface area (Å²) >= 11 is 0. The minimum atomic E-state index is -2.70. The Morgan fingerprint density at radius 2 is 1.90 bits per heavy atom. The topological polar surface area (TPSA) is 63.1 Å². The van der Waals surface area contributed by atoms with Gasteiger partial charge in [-0.3, -0.25) is 9.48 Å². The third-order valence-corrected chi connectivity index (χ3v) is 4.90. The summed E-state index contributed by atoms with van der Waals surface area (Å²) in [7, 11) is 0. The van der Waals surface area contributed by atoms with E-state index >= 15 is 0 Å². The number of nitrogens with zero attached hydrogens (tertiary/aromatic N) is 4. The molecule has 1 N–H and O–H groups in total. The van der Waals surface area contributed by atoms with Gasteiger partial charge in [-0.25, -0.2) is 22.5 Å². The summed E-state index contributed by atoms with van der Waals surface area (Å²) < 4.78 is 54.5. The molecule has 0 saturated carbocycles. The third kappa shape index (κ3) is 5.19. The molecule has 10 heteroatoms. The van der Waals surface area contributed by atoms with Gasteiger partial charge in [0.15, 0.2) is 17.5 Å². The van der Waals surface area contributed by atoms with Crippen molar-refractivity contribution in [2.45, 2.75) is 25.3 Å². The minimum absolute atomic E-state index is 0.0411. The molecule has 1 amide bonds. The Morgan fingerprint density at radius 1 is 1.10 bits per heavy atom. The maximum Gasteiger partial charge on any atom is 0.266 e. The van der Waals surface area contributed by atoms with Crippen molar-refractivity contribution in [1.29, 1.82) is 0 Å². The average Bonchev–Trinajstić information content (AvgIpc) is 3.31. The predicted molar refractivity (Wildman–Crippen MR) is 106 cm³/mol. The molecule has 0 bridgehead atoms. The van der Waals surface area contributed by atoms with Crippen LogP contribution in [-0.4, -0.2) is 39.7 Å². The highest BCUT2D eigenvalue weighted by Gasteiger charge is 2.38. The smallest absolute Gasteiger partial charge is 0.266 e. The molecule has 0 aliphatic carbocycles. The number of aromatic nitrogens is 3. The lowest BCUT2D eigenvalue weighted by Crippen LogP contribution is -2.25. The monoisotopic (exact) mass is 433 g/mol. The first kappa shape index (κ1) is 20.8. The number of nitrogens with one attached hydrogen (secondary N) is 1. The second-order valence-corrected chi connectivity index (χ2v) is 7.42. The lowest BCUT2D eigenvalue weighted by molar-refractivity contribution is -0.115. The normalized spacial score (nSPS) is 15.3. The molecule has 2 aromatic heterocycles. The number of alkyl halides is 2. The summed E-state index contributed by atoms with van der Waals surface area (Å²) in [4.78, 5) is 18.0. The number of hydrogen-bond donors (Lipinski definition) is 1. The van der Waals surface area contributed by atoms with Crippen LogP contribution in [0.4, 0.5) is 29.2 Å². The Hall–Kier alpha value is -3.43. The molecule has 31 heavy (non-hydrogen) atoms. The number of rotatable bonds is 6. The fourth-order valence-electron chi connectivity index (χ4n) is 3.35. The van der Waals surface area contributed by atoms with Gasteiger partial charge in [-0.1, -0.05) is 12.1 Å². The molecule has 3 heterocycles. The number of hydrogen-bond acceptors (Lipinski definition) is 4. The maximum atomic E-state index is 13.3. The van der Waals surface area contributed by atoms with Gasteiger partial charge in [0.25, 0.3) is 5.92 Å². The van der Waals surface area contributed by atoms with Crippen LogP contribution in [0.2, 0.25) is 0 Å². The van der Waals surface area contributed by atoms with Crippen molar-refractivity contribution in [3.8, 4) is 0 Å². The highest BCUT2D eigenvalue weighted by atomic mass is 19.3. The zero-order valence-electron chi connectivity index (χ0n) is 16.4. The first-order valence-corrected chi connectivity index (χ1v) is 9.62. The molecule has 0 radical (unpaired) electrons. The summed E-state index contributed by atoms with van der Waals surface area (Å²) in [6, 6.07) is 8.49. The molecule has 1 aliphatic rings. The van der Waals surface area contributed by atoms with E-state index in [9.17, 15) is 22.4 Å². The number of anilines is 2. The summed E-state index contributed by atoms with van der Waals surface area (Å²) in [6.45, 7) is 0.105. The Morgan fingerprint density at radius 3 is 2.58 bits per heavy atom. The highest BCUT2D eigenvalue weighted by molar-refractivity contribution is 5.91. The lowest BCUT2D eigenvalue weighted by atomic mass is 10.2. The van der Waals surface area contributed by atoms with Crippen molar-refractivity contribution in [2.75, 3.05) is 23.3 Å². The van der Waals surface area contributed by atoms with Crippen LogP contribution in [0.15, 0.2) is 48.8 Å². The van der Waals surface area contributed by atoms with Crippen LogP contribution in [0.5, 0.6) is 0 Å². The molecular formula is C21H19F4N5O. The third-order valence-electron chi connectivity index (χ3n) is 4.90. The molecule has 1 aliphatic heterocycles. The summed E-state index contributed by atoms with van der Waals surface area (Å²) in [6.07, 6.45) is 2.95. The van der Waals surface area contributed by atoms with Crippen LogP contribution < -0.4 is 10.2 Å². The molecule has 1 fully saturated rings. The summed E-state index contributed by atoms with van der Waals surface area (Å²) in [5.74, 6) is -4.10. The van der Waals surface area contributed by atoms with E-state index in [2.05, 4.69) is 15.4 Å². The van der Waals surface area contributed by atoms with Gasteiger partial charge in [-0.2, -0.15) is 5.10 Å². The van der Waals surface area contributed by atoms with Crippen LogP contribution >= 0.6 is 0 Å². The molecule has 4 rings (SSSR count). The second kappa shape index (κ2) is 8.37. The molecule has 0 atom stereocenters. The largest absolute Gasteiger partial charge is 0.350 e. The van der Waals surface area contributed by atoms with Crippen molar-refractivity contribution >= 4 is 17.5 Å². The van der Waals surface area contributed by atoms with E-state index in [1.54, 1.807) is 24.4 Å². The van der Waals surface area contributed by atoms with Gasteiger partial charge in [0.2, 0.25) is 5.91 Å². The van der Waals surface area contributed by atoms with Crippen molar-refractivity contribution in [1.82, 2.24) is 14.8 Å². The Labute approximate surface area is 175 Å². The zero-order valence-corrected chi connectivity index (χ0v) is 16.4. The Bertz CT molecular complexity index is 1080. The van der Waals surface area contributed by atoms with Crippen LogP contribution in [-0.2, 0) is 17.8 Å². The van der Waals surface area contributed by atoms with E-state index in [1.165, 1.54) is 21.8 Å². The van der Waals surface area contributed by atoms with Crippen LogP contribution in [0.1, 0.15) is 17.5 Å². The Balaban J connectivity index is 1.31. The molecule has 1 aromatic carbocycles. The zero-order chi connectivity index (χ0) is 22.0. The van der Waals surface area contributed by atoms with Crippen LogP contribution in [0.3, 0.4) is 0 Å². The SMILES string of the molecule is O=C(Cc1ccc(N2CCC(F)(F)C2)nc1)Nc1ccn(Cc2ccc(F)c(F)c2)n1. The minimum Gasteiger partial charge on any atom is -0.350 e. The van der Waals surface area contributed by atoms with Crippen molar-refractivity contribution in [2.24, 2.45) is 0 Å². The predicted octanol–water partition coefficient (Wildman–Crippen LogP) is 3.63. The maximum absolute atomic E-state index is 13.3. The molecule has 1 saturated heterocycles. The van der Waals surface area contributed by atoms with Gasteiger partial charge in [-0.15, -0.1) is 0 Å². The quantitative estimate of drug-likeness (QED) is 0.603. The van der Waals surface area contributed by atoms with E-state index in [-0.39, 0.29) is 38.4 Å². The van der Waals surface area contributed by atoms with Crippen LogP contribution in [0.25, 0.3) is 0 Å². The van der Waals surface area contributed by atoms with E-state index in [0.717, 1.165) is 12.1 Å². The number of amides is 1. The van der Waals surface area contributed by atoms with Gasteiger partial charge in [0, 0.05) is 31.4 Å². The first-order chi connectivity index (χ1) is 14.8. The molecule has 0 unspecified atom stereocenters. The number of benzene rings is 1. The van der Waals surface area contributed by atoms with Crippen molar-refractivity contribution < 1.29 is 22.4 Å². The van der Waals surface area contributed by atoms with Gasteiger partial charge < -0.3 is 10.2 Å². The molecule has 3 aromatic rings. The van der Waals surface area contributed by atoms with E-state index in [1.807, 2.05) is 0 Å². The second-order valence-electron chi connectivity index (χ2n) is 7.42. The van der Waals surface area contributed by atoms with Gasteiger partial charge in [-0.05, 0) is 29.3 Å². The van der Waals surface area contributed by atoms with Gasteiger partial charge >= 0.3 is 0 Å². The average molecular weight is 433 g/mol. The van der Waals surface area contributed by atoms with E-state index < -0.39 is 17.6 Å². The fourth-order valence-corrected chi connectivity index (χ4v) is 3.35. The number of pyridine rings is 1. The van der Waals surface area contributed by atoms with Gasteiger partial charge in [0.1, 0.15) is 5.82 Å². The molecule has 6 nitrogen and oxygen atoms in total. The highest BCUT2D eigenvalue weighted by Crippen LogP contribution is 2.29. The first-order valence-electron chi connectivity index (χ1n) is 9.62. The number of carbonyl (C=O) groups excluding carboxylic acids is 1. The van der Waals surface area contributed by atoms with Crippen LogP contribution in [0, 0.1) is 11.6 Å². The molecule has 162 valence electrons. The van der Waals surface area contributed by atoms with E-state index in [0.29, 0.717) is 22.8 Å². The standard InChI is InChI=1S/C21H19F4N5O/c22-16-3-1-15(9-17(16)23)12-30-7-5-18(28-30)27-20(31)10-14-2-4-19(26-11-14)29-8-6-21(24,25)13-29/h1-5,7,9,11H,6,8,10,12-13H2,(H,27,28,31). The number of carbonyl (C=O) groups is 1. The van der Waals surface area contributed by atoms with Crippen molar-refractivity contribution in [3.63, 3.8) is 0 Å². The molecule has 0 spiro atoms. The van der Waals surface area contributed by atoms with E-state index in [4.69, 9.17) is 0 Å². The van der Waals surface area contributed by atoms with Gasteiger partial charge in [0.05, 0.1) is 19.5 Å². The Kier molecular flexibility index (Phi) is 5.62.